The van der Waals surface area contributed by atoms with E-state index >= 15 is 0 Å². The number of benzene rings is 1. The lowest BCUT2D eigenvalue weighted by molar-refractivity contribution is 0.0945. The van der Waals surface area contributed by atoms with Crippen molar-refractivity contribution in [3.05, 3.63) is 35.9 Å². The highest BCUT2D eigenvalue weighted by Crippen LogP contribution is 2.03. The summed E-state index contributed by atoms with van der Waals surface area (Å²) in [5.74, 6) is 1.26. The number of nitrogens with one attached hydrogen (secondary N) is 2. The molecule has 6 heteroatoms. The summed E-state index contributed by atoms with van der Waals surface area (Å²) in [7, 11) is 3.86. The van der Waals surface area contributed by atoms with Crippen LogP contribution in [0.5, 0.6) is 0 Å². The van der Waals surface area contributed by atoms with E-state index in [4.69, 9.17) is 9.47 Å². The van der Waals surface area contributed by atoms with Gasteiger partial charge < -0.3 is 25.0 Å². The van der Waals surface area contributed by atoms with Gasteiger partial charge in [-0.3, -0.25) is 4.99 Å². The zero-order chi connectivity index (χ0) is 19.7. The molecule has 27 heavy (non-hydrogen) atoms. The molecule has 0 radical (unpaired) electrons. The fourth-order valence-electron chi connectivity index (χ4n) is 2.51. The van der Waals surface area contributed by atoms with Crippen LogP contribution in [0.2, 0.25) is 0 Å². The zero-order valence-electron chi connectivity index (χ0n) is 17.5. The first-order valence-corrected chi connectivity index (χ1v) is 9.97. The fourth-order valence-corrected chi connectivity index (χ4v) is 2.51. The van der Waals surface area contributed by atoms with Gasteiger partial charge in [0.2, 0.25) is 0 Å². The van der Waals surface area contributed by atoms with E-state index in [0.717, 1.165) is 51.7 Å². The Hall–Kier alpha value is -1.63. The van der Waals surface area contributed by atoms with Crippen molar-refractivity contribution >= 4 is 5.96 Å². The lowest BCUT2D eigenvalue weighted by atomic mass is 10.2. The largest absolute Gasteiger partial charge is 0.383 e. The maximum Gasteiger partial charge on any atom is 0.191 e. The molecule has 0 aliphatic heterocycles. The quantitative estimate of drug-likeness (QED) is 0.296. The van der Waals surface area contributed by atoms with E-state index in [-0.39, 0.29) is 0 Å². The van der Waals surface area contributed by atoms with E-state index in [2.05, 4.69) is 53.6 Å². The minimum Gasteiger partial charge on any atom is -0.383 e. The predicted octanol–water partition coefficient (Wildman–Crippen LogP) is 2.36. The Morgan fingerprint density at radius 3 is 2.67 bits per heavy atom. The molecule has 1 atom stereocenters. The second kappa shape index (κ2) is 15.4. The molecule has 0 saturated carbocycles. The van der Waals surface area contributed by atoms with Crippen molar-refractivity contribution in [1.82, 2.24) is 15.5 Å². The van der Waals surface area contributed by atoms with Crippen LogP contribution in [-0.2, 0) is 16.1 Å². The van der Waals surface area contributed by atoms with Crippen LogP contribution >= 0.6 is 0 Å². The number of hydrogen-bond donors (Lipinski definition) is 2. The van der Waals surface area contributed by atoms with Gasteiger partial charge in [-0.1, -0.05) is 37.3 Å². The summed E-state index contributed by atoms with van der Waals surface area (Å²) in [4.78, 5) is 6.97. The first kappa shape index (κ1) is 23.4. The van der Waals surface area contributed by atoms with Gasteiger partial charge in [-0.2, -0.15) is 0 Å². The van der Waals surface area contributed by atoms with Gasteiger partial charge in [-0.15, -0.1) is 0 Å². The van der Waals surface area contributed by atoms with Crippen molar-refractivity contribution in [2.45, 2.75) is 26.9 Å². The minimum absolute atomic E-state index is 0.379. The summed E-state index contributed by atoms with van der Waals surface area (Å²) < 4.78 is 10.9. The molecule has 1 rings (SSSR count). The fraction of sp³-hybridized carbons (Fsp3) is 0.667. The molecule has 1 unspecified atom stereocenters. The first-order chi connectivity index (χ1) is 13.2. The van der Waals surface area contributed by atoms with Crippen molar-refractivity contribution in [3.63, 3.8) is 0 Å². The van der Waals surface area contributed by atoms with Gasteiger partial charge in [-0.05, 0) is 38.4 Å². The third-order valence-electron chi connectivity index (χ3n) is 4.11. The van der Waals surface area contributed by atoms with Gasteiger partial charge in [0.1, 0.15) is 0 Å². The SMILES string of the molecule is CCNC(=NCC(C)COCc1ccccc1)NCCCN(C)CCOC. The van der Waals surface area contributed by atoms with Gasteiger partial charge in [0.15, 0.2) is 5.96 Å². The Morgan fingerprint density at radius 1 is 1.19 bits per heavy atom. The summed E-state index contributed by atoms with van der Waals surface area (Å²) in [6.07, 6.45) is 1.07. The smallest absolute Gasteiger partial charge is 0.191 e. The predicted molar refractivity (Wildman–Crippen MR) is 113 cm³/mol. The van der Waals surface area contributed by atoms with Gasteiger partial charge in [0.25, 0.3) is 0 Å². The van der Waals surface area contributed by atoms with E-state index in [1.807, 2.05) is 18.2 Å². The van der Waals surface area contributed by atoms with E-state index in [0.29, 0.717) is 19.1 Å². The van der Waals surface area contributed by atoms with Crippen LogP contribution in [0.1, 0.15) is 25.8 Å². The lowest BCUT2D eigenvalue weighted by Gasteiger charge is -2.17. The molecule has 1 aromatic carbocycles. The molecule has 0 aliphatic rings. The molecular formula is C21H38N4O2. The molecule has 154 valence electrons. The Morgan fingerprint density at radius 2 is 1.96 bits per heavy atom. The molecule has 6 nitrogen and oxygen atoms in total. The molecule has 0 amide bonds. The van der Waals surface area contributed by atoms with Crippen molar-refractivity contribution in [2.75, 3.05) is 60.1 Å². The molecule has 0 bridgehead atoms. The van der Waals surface area contributed by atoms with Crippen LogP contribution in [0.3, 0.4) is 0 Å². The highest BCUT2D eigenvalue weighted by atomic mass is 16.5. The normalized spacial score (nSPS) is 13.0. The molecule has 0 spiro atoms. The number of ether oxygens (including phenoxy) is 2. The summed E-state index contributed by atoms with van der Waals surface area (Å²) in [5, 5.41) is 6.72. The third-order valence-corrected chi connectivity index (χ3v) is 4.11. The summed E-state index contributed by atoms with van der Waals surface area (Å²) >= 11 is 0. The zero-order valence-corrected chi connectivity index (χ0v) is 17.5. The van der Waals surface area contributed by atoms with Gasteiger partial charge >= 0.3 is 0 Å². The number of nitrogens with zero attached hydrogens (tertiary/aromatic N) is 2. The molecular weight excluding hydrogens is 340 g/mol. The van der Waals surface area contributed by atoms with Crippen molar-refractivity contribution in [2.24, 2.45) is 10.9 Å². The van der Waals surface area contributed by atoms with Crippen molar-refractivity contribution < 1.29 is 9.47 Å². The number of hydrogen-bond acceptors (Lipinski definition) is 4. The highest BCUT2D eigenvalue weighted by Gasteiger charge is 2.04. The number of guanidine groups is 1. The Balaban J connectivity index is 2.22. The van der Waals surface area contributed by atoms with Crippen LogP contribution in [0.15, 0.2) is 35.3 Å². The summed E-state index contributed by atoms with van der Waals surface area (Å²) in [6, 6.07) is 10.3. The lowest BCUT2D eigenvalue weighted by Crippen LogP contribution is -2.39. The molecule has 2 N–H and O–H groups in total. The van der Waals surface area contributed by atoms with E-state index in [1.54, 1.807) is 7.11 Å². The maximum atomic E-state index is 5.81. The molecule has 0 fully saturated rings. The highest BCUT2D eigenvalue weighted by molar-refractivity contribution is 5.79. The first-order valence-electron chi connectivity index (χ1n) is 9.97. The average molecular weight is 379 g/mol. The van der Waals surface area contributed by atoms with E-state index in [1.165, 1.54) is 5.56 Å². The molecule has 0 heterocycles. The monoisotopic (exact) mass is 378 g/mol. The minimum atomic E-state index is 0.379. The van der Waals surface area contributed by atoms with Crippen LogP contribution in [-0.4, -0.2) is 71.0 Å². The van der Waals surface area contributed by atoms with E-state index in [9.17, 15) is 0 Å². The molecule has 0 saturated heterocycles. The number of likely N-dealkylation sites (N-methyl/N-ethyl adjacent to an activating group) is 1. The Kier molecular flexibility index (Phi) is 13.4. The third kappa shape index (κ3) is 12.4. The Bertz CT molecular complexity index is 496. The van der Waals surface area contributed by atoms with Crippen LogP contribution in [0, 0.1) is 5.92 Å². The Labute approximate surface area is 165 Å². The molecule has 1 aromatic rings. The van der Waals surface area contributed by atoms with Crippen LogP contribution in [0.25, 0.3) is 0 Å². The van der Waals surface area contributed by atoms with Crippen molar-refractivity contribution in [3.8, 4) is 0 Å². The average Bonchev–Trinajstić information content (AvgIpc) is 2.68. The number of methoxy groups -OCH3 is 1. The molecule has 0 aliphatic carbocycles. The van der Waals surface area contributed by atoms with Gasteiger partial charge in [-0.25, -0.2) is 0 Å². The van der Waals surface area contributed by atoms with E-state index < -0.39 is 0 Å². The summed E-state index contributed by atoms with van der Waals surface area (Å²) in [5.41, 5.74) is 1.21. The number of rotatable bonds is 14. The summed E-state index contributed by atoms with van der Waals surface area (Å²) in [6.45, 7) is 10.9. The topological polar surface area (TPSA) is 58.1 Å². The van der Waals surface area contributed by atoms with Crippen LogP contribution < -0.4 is 10.6 Å². The van der Waals surface area contributed by atoms with Crippen molar-refractivity contribution in [1.29, 1.82) is 0 Å². The molecule has 0 aromatic heterocycles. The van der Waals surface area contributed by atoms with Gasteiger partial charge in [0, 0.05) is 33.3 Å². The maximum absolute atomic E-state index is 5.81. The second-order valence-corrected chi connectivity index (χ2v) is 6.90. The standard InChI is InChI=1S/C21H38N4O2/c1-5-22-21(23-12-9-13-25(3)14-15-26-4)24-16-19(2)17-27-18-20-10-7-6-8-11-20/h6-8,10-11,19H,5,9,12-18H2,1-4H3,(H2,22,23,24). The van der Waals surface area contributed by atoms with Gasteiger partial charge in [0.05, 0.1) is 19.8 Å². The second-order valence-electron chi connectivity index (χ2n) is 6.90. The number of aliphatic imine (C=N–C) groups is 1. The van der Waals surface area contributed by atoms with Crippen LogP contribution in [0.4, 0.5) is 0 Å².